The van der Waals surface area contributed by atoms with E-state index in [-0.39, 0.29) is 11.6 Å². The summed E-state index contributed by atoms with van der Waals surface area (Å²) in [5.41, 5.74) is 1.79. The maximum Gasteiger partial charge on any atom is 0.264 e. The van der Waals surface area contributed by atoms with E-state index in [2.05, 4.69) is 15.8 Å². The van der Waals surface area contributed by atoms with Crippen LogP contribution in [0.15, 0.2) is 83.0 Å². The Morgan fingerprint density at radius 2 is 1.70 bits per heavy atom. The third-order valence-electron chi connectivity index (χ3n) is 3.90. The Labute approximate surface area is 157 Å². The SMILES string of the molecule is Cc1cc(N/C=C(/C#N)C(=O)NC(c2ccccc2)c2ccccc2)no1. The average Bonchev–Trinajstić information content (AvgIpc) is 3.13. The minimum Gasteiger partial charge on any atom is -0.360 e. The molecule has 6 nitrogen and oxygen atoms in total. The van der Waals surface area contributed by atoms with Gasteiger partial charge in [-0.3, -0.25) is 4.79 Å². The molecule has 134 valence electrons. The number of carbonyl (C=O) groups is 1. The monoisotopic (exact) mass is 358 g/mol. The van der Waals surface area contributed by atoms with Gasteiger partial charge in [-0.25, -0.2) is 0 Å². The Balaban J connectivity index is 1.82. The van der Waals surface area contributed by atoms with E-state index in [1.165, 1.54) is 6.20 Å². The molecule has 27 heavy (non-hydrogen) atoms. The maximum atomic E-state index is 12.7. The second kappa shape index (κ2) is 8.50. The summed E-state index contributed by atoms with van der Waals surface area (Å²) in [6.07, 6.45) is 1.32. The lowest BCUT2D eigenvalue weighted by Crippen LogP contribution is -2.30. The smallest absolute Gasteiger partial charge is 0.264 e. The van der Waals surface area contributed by atoms with E-state index in [0.29, 0.717) is 11.6 Å². The third-order valence-corrected chi connectivity index (χ3v) is 3.90. The van der Waals surface area contributed by atoms with Gasteiger partial charge in [-0.15, -0.1) is 0 Å². The quantitative estimate of drug-likeness (QED) is 0.518. The van der Waals surface area contributed by atoms with Gasteiger partial charge in [0.2, 0.25) is 0 Å². The zero-order valence-corrected chi connectivity index (χ0v) is 14.7. The molecule has 0 saturated carbocycles. The fourth-order valence-corrected chi connectivity index (χ4v) is 2.59. The fraction of sp³-hybridized carbons (Fsp3) is 0.0952. The molecule has 1 heterocycles. The molecule has 3 aromatic rings. The molecule has 0 spiro atoms. The number of aryl methyl sites for hydroxylation is 1. The number of aromatic nitrogens is 1. The Kier molecular flexibility index (Phi) is 5.65. The second-order valence-corrected chi connectivity index (χ2v) is 5.86. The van der Waals surface area contributed by atoms with Gasteiger partial charge in [-0.2, -0.15) is 5.26 Å². The molecule has 3 rings (SSSR count). The summed E-state index contributed by atoms with van der Waals surface area (Å²) in [4.78, 5) is 12.7. The van der Waals surface area contributed by atoms with Crippen LogP contribution in [0.25, 0.3) is 0 Å². The molecule has 0 saturated heterocycles. The van der Waals surface area contributed by atoms with E-state index in [1.54, 1.807) is 13.0 Å². The zero-order chi connectivity index (χ0) is 19.1. The highest BCUT2D eigenvalue weighted by atomic mass is 16.5. The summed E-state index contributed by atoms with van der Waals surface area (Å²) in [7, 11) is 0. The van der Waals surface area contributed by atoms with Crippen LogP contribution < -0.4 is 10.6 Å². The molecule has 1 amide bonds. The summed E-state index contributed by atoms with van der Waals surface area (Å²) in [5, 5.41) is 18.9. The number of carbonyl (C=O) groups excluding carboxylic acids is 1. The molecule has 0 aliphatic rings. The first-order valence-corrected chi connectivity index (χ1v) is 8.38. The summed E-state index contributed by atoms with van der Waals surface area (Å²) in [6, 6.07) is 22.4. The van der Waals surface area contributed by atoms with Crippen LogP contribution in [-0.2, 0) is 4.79 Å². The maximum absolute atomic E-state index is 12.7. The molecule has 0 fully saturated rings. The van der Waals surface area contributed by atoms with Crippen LogP contribution in [-0.4, -0.2) is 11.1 Å². The Hall–Kier alpha value is -3.85. The van der Waals surface area contributed by atoms with Crippen molar-refractivity contribution in [1.82, 2.24) is 10.5 Å². The van der Waals surface area contributed by atoms with Gasteiger partial charge in [0, 0.05) is 12.3 Å². The molecular weight excluding hydrogens is 340 g/mol. The molecule has 0 aliphatic carbocycles. The second-order valence-electron chi connectivity index (χ2n) is 5.86. The zero-order valence-electron chi connectivity index (χ0n) is 14.7. The number of anilines is 1. The fourth-order valence-electron chi connectivity index (χ4n) is 2.59. The lowest BCUT2D eigenvalue weighted by Gasteiger charge is -2.19. The normalized spacial score (nSPS) is 11.1. The number of amides is 1. The molecule has 6 heteroatoms. The molecule has 0 atom stereocenters. The van der Waals surface area contributed by atoms with Crippen molar-refractivity contribution in [2.75, 3.05) is 5.32 Å². The topological polar surface area (TPSA) is 91.0 Å². The summed E-state index contributed by atoms with van der Waals surface area (Å²) < 4.78 is 4.95. The first kappa shape index (κ1) is 18.0. The van der Waals surface area contributed by atoms with Gasteiger partial charge in [0.25, 0.3) is 5.91 Å². The summed E-state index contributed by atoms with van der Waals surface area (Å²) >= 11 is 0. The van der Waals surface area contributed by atoms with Gasteiger partial charge in [0.15, 0.2) is 5.82 Å². The first-order chi connectivity index (χ1) is 13.2. The largest absolute Gasteiger partial charge is 0.360 e. The average molecular weight is 358 g/mol. The van der Waals surface area contributed by atoms with Crippen molar-refractivity contribution < 1.29 is 9.32 Å². The Morgan fingerprint density at radius 3 is 2.19 bits per heavy atom. The van der Waals surface area contributed by atoms with E-state index in [0.717, 1.165) is 11.1 Å². The summed E-state index contributed by atoms with van der Waals surface area (Å²) in [6.45, 7) is 1.75. The van der Waals surface area contributed by atoms with Crippen molar-refractivity contribution in [2.24, 2.45) is 0 Å². The first-order valence-electron chi connectivity index (χ1n) is 8.38. The van der Waals surface area contributed by atoms with Gasteiger partial charge in [-0.05, 0) is 18.1 Å². The molecule has 2 N–H and O–H groups in total. The molecule has 2 aromatic carbocycles. The van der Waals surface area contributed by atoms with Crippen molar-refractivity contribution in [3.8, 4) is 6.07 Å². The van der Waals surface area contributed by atoms with Crippen LogP contribution in [0.4, 0.5) is 5.82 Å². The van der Waals surface area contributed by atoms with Gasteiger partial charge < -0.3 is 15.2 Å². The van der Waals surface area contributed by atoms with Crippen molar-refractivity contribution in [2.45, 2.75) is 13.0 Å². The van der Waals surface area contributed by atoms with Crippen LogP contribution >= 0.6 is 0 Å². The van der Waals surface area contributed by atoms with Gasteiger partial charge in [-0.1, -0.05) is 65.8 Å². The number of nitrogens with zero attached hydrogens (tertiary/aromatic N) is 2. The van der Waals surface area contributed by atoms with Crippen molar-refractivity contribution >= 4 is 11.7 Å². The third kappa shape index (κ3) is 4.61. The van der Waals surface area contributed by atoms with Crippen LogP contribution in [0.1, 0.15) is 22.9 Å². The number of rotatable bonds is 6. The van der Waals surface area contributed by atoms with Crippen molar-refractivity contribution in [1.29, 1.82) is 5.26 Å². The van der Waals surface area contributed by atoms with Gasteiger partial charge >= 0.3 is 0 Å². The van der Waals surface area contributed by atoms with Crippen molar-refractivity contribution in [3.05, 3.63) is 95.4 Å². The van der Waals surface area contributed by atoms with E-state index < -0.39 is 5.91 Å². The Bertz CT molecular complexity index is 933. The number of hydrogen-bond acceptors (Lipinski definition) is 5. The van der Waals surface area contributed by atoms with Crippen molar-refractivity contribution in [3.63, 3.8) is 0 Å². The molecular formula is C21H18N4O2. The van der Waals surface area contributed by atoms with Gasteiger partial charge in [0.1, 0.15) is 17.4 Å². The standard InChI is InChI=1S/C21H18N4O2/c1-15-12-19(25-27-15)23-14-18(13-22)21(26)24-20(16-8-4-2-5-9-16)17-10-6-3-7-11-17/h2-12,14,20H,1H3,(H,23,25)(H,24,26)/b18-14-. The Morgan fingerprint density at radius 1 is 1.11 bits per heavy atom. The highest BCUT2D eigenvalue weighted by molar-refractivity contribution is 5.98. The number of benzene rings is 2. The van der Waals surface area contributed by atoms with E-state index in [9.17, 15) is 10.1 Å². The van der Waals surface area contributed by atoms with E-state index in [1.807, 2.05) is 66.7 Å². The van der Waals surface area contributed by atoms with Crippen LogP contribution in [0.5, 0.6) is 0 Å². The minimum absolute atomic E-state index is 0.0625. The lowest BCUT2D eigenvalue weighted by molar-refractivity contribution is -0.117. The predicted octanol–water partition coefficient (Wildman–Crippen LogP) is 3.71. The molecule has 1 aromatic heterocycles. The minimum atomic E-state index is -0.483. The van der Waals surface area contributed by atoms with Crippen LogP contribution in [0, 0.1) is 18.3 Å². The predicted molar refractivity (Wildman–Crippen MR) is 101 cm³/mol. The highest BCUT2D eigenvalue weighted by Crippen LogP contribution is 2.22. The number of nitriles is 1. The van der Waals surface area contributed by atoms with Crippen LogP contribution in [0.2, 0.25) is 0 Å². The highest BCUT2D eigenvalue weighted by Gasteiger charge is 2.19. The van der Waals surface area contributed by atoms with Gasteiger partial charge in [0.05, 0.1) is 6.04 Å². The molecule has 0 radical (unpaired) electrons. The summed E-state index contributed by atoms with van der Waals surface area (Å²) in [5.74, 6) is 0.570. The number of hydrogen-bond donors (Lipinski definition) is 2. The molecule has 0 unspecified atom stereocenters. The van der Waals surface area contributed by atoms with E-state index in [4.69, 9.17) is 4.52 Å². The van der Waals surface area contributed by atoms with E-state index >= 15 is 0 Å². The lowest BCUT2D eigenvalue weighted by atomic mass is 9.98. The molecule has 0 aliphatic heterocycles. The van der Waals surface area contributed by atoms with Crippen LogP contribution in [0.3, 0.4) is 0 Å². The number of nitrogens with one attached hydrogen (secondary N) is 2. The molecule has 0 bridgehead atoms.